The summed E-state index contributed by atoms with van der Waals surface area (Å²) < 4.78 is 0. The molecule has 0 unspecified atom stereocenters. The first-order valence-corrected chi connectivity index (χ1v) is 5.75. The number of pyridine rings is 1. The minimum Gasteiger partial charge on any atom is -0.336 e. The molecule has 0 aliphatic heterocycles. The Morgan fingerprint density at radius 1 is 1.44 bits per heavy atom. The number of nitrogens with zero attached hydrogens (tertiary/aromatic N) is 3. The van der Waals surface area contributed by atoms with Crippen LogP contribution in [0.4, 0.5) is 0 Å². The fourth-order valence-corrected chi connectivity index (χ4v) is 1.73. The standard InChI is InChI=1S/C13H16N4O/c1-9-7-14-5-4-11(9)8-17(3)13(18)12-6-10(2)15-16-12/h4-7H,8H2,1-3H3,(H,15,16). The van der Waals surface area contributed by atoms with Crippen molar-refractivity contribution in [3.63, 3.8) is 0 Å². The maximum Gasteiger partial charge on any atom is 0.274 e. The highest BCUT2D eigenvalue weighted by molar-refractivity contribution is 5.92. The van der Waals surface area contributed by atoms with Gasteiger partial charge in [-0.2, -0.15) is 5.10 Å². The van der Waals surface area contributed by atoms with Crippen LogP contribution in [0.3, 0.4) is 0 Å². The summed E-state index contributed by atoms with van der Waals surface area (Å²) in [5.41, 5.74) is 3.50. The molecule has 0 bridgehead atoms. The van der Waals surface area contributed by atoms with Crippen molar-refractivity contribution in [2.24, 2.45) is 0 Å². The lowest BCUT2D eigenvalue weighted by Crippen LogP contribution is -2.26. The maximum absolute atomic E-state index is 12.1. The van der Waals surface area contributed by atoms with Crippen LogP contribution in [0.25, 0.3) is 0 Å². The molecule has 0 atom stereocenters. The van der Waals surface area contributed by atoms with Crippen molar-refractivity contribution >= 4 is 5.91 Å². The largest absolute Gasteiger partial charge is 0.336 e. The first kappa shape index (κ1) is 12.3. The first-order valence-electron chi connectivity index (χ1n) is 5.75. The number of carbonyl (C=O) groups excluding carboxylic acids is 1. The zero-order valence-electron chi connectivity index (χ0n) is 10.8. The van der Waals surface area contributed by atoms with Crippen molar-refractivity contribution in [3.05, 3.63) is 47.0 Å². The number of nitrogens with one attached hydrogen (secondary N) is 1. The van der Waals surface area contributed by atoms with Crippen LogP contribution in [0, 0.1) is 13.8 Å². The Hall–Kier alpha value is -2.17. The molecule has 2 heterocycles. The van der Waals surface area contributed by atoms with E-state index in [0.29, 0.717) is 12.2 Å². The number of aromatic amines is 1. The van der Waals surface area contributed by atoms with E-state index in [4.69, 9.17) is 0 Å². The highest BCUT2D eigenvalue weighted by Gasteiger charge is 2.15. The molecule has 5 heteroatoms. The molecule has 0 aliphatic carbocycles. The zero-order valence-corrected chi connectivity index (χ0v) is 10.8. The van der Waals surface area contributed by atoms with Gasteiger partial charge in [0.15, 0.2) is 0 Å². The molecule has 0 fully saturated rings. The van der Waals surface area contributed by atoms with Gasteiger partial charge in [0, 0.05) is 31.7 Å². The van der Waals surface area contributed by atoms with Crippen molar-refractivity contribution in [1.29, 1.82) is 0 Å². The Kier molecular flexibility index (Phi) is 3.41. The number of H-pyrrole nitrogens is 1. The molecule has 2 aromatic heterocycles. The third kappa shape index (κ3) is 2.56. The third-order valence-electron chi connectivity index (χ3n) is 2.82. The van der Waals surface area contributed by atoms with Crippen LogP contribution in [-0.2, 0) is 6.54 Å². The normalized spacial score (nSPS) is 10.4. The van der Waals surface area contributed by atoms with E-state index in [2.05, 4.69) is 15.2 Å². The number of hydrogen-bond donors (Lipinski definition) is 1. The Morgan fingerprint density at radius 3 is 2.83 bits per heavy atom. The summed E-state index contributed by atoms with van der Waals surface area (Å²) in [6.07, 6.45) is 3.53. The average molecular weight is 244 g/mol. The van der Waals surface area contributed by atoms with Crippen LogP contribution in [0.1, 0.15) is 27.3 Å². The second-order valence-electron chi connectivity index (χ2n) is 4.40. The van der Waals surface area contributed by atoms with Crippen molar-refractivity contribution in [1.82, 2.24) is 20.1 Å². The topological polar surface area (TPSA) is 61.9 Å². The minimum atomic E-state index is -0.0874. The zero-order chi connectivity index (χ0) is 13.1. The Labute approximate surface area is 106 Å². The van der Waals surface area contributed by atoms with Crippen molar-refractivity contribution in [2.45, 2.75) is 20.4 Å². The van der Waals surface area contributed by atoms with E-state index in [-0.39, 0.29) is 5.91 Å². The lowest BCUT2D eigenvalue weighted by Gasteiger charge is -2.17. The van der Waals surface area contributed by atoms with Gasteiger partial charge in [0.2, 0.25) is 0 Å². The van der Waals surface area contributed by atoms with E-state index in [1.54, 1.807) is 30.4 Å². The smallest absolute Gasteiger partial charge is 0.274 e. The summed E-state index contributed by atoms with van der Waals surface area (Å²) >= 11 is 0. The summed E-state index contributed by atoms with van der Waals surface area (Å²) in [7, 11) is 1.77. The Morgan fingerprint density at radius 2 is 2.22 bits per heavy atom. The highest BCUT2D eigenvalue weighted by atomic mass is 16.2. The molecule has 2 aromatic rings. The van der Waals surface area contributed by atoms with Gasteiger partial charge in [-0.1, -0.05) is 0 Å². The Balaban J connectivity index is 2.11. The average Bonchev–Trinajstić information content (AvgIpc) is 2.78. The molecule has 2 rings (SSSR count). The van der Waals surface area contributed by atoms with Crippen LogP contribution in [0.5, 0.6) is 0 Å². The molecule has 0 radical (unpaired) electrons. The fraction of sp³-hybridized carbons (Fsp3) is 0.308. The predicted molar refractivity (Wildman–Crippen MR) is 68.1 cm³/mol. The van der Waals surface area contributed by atoms with Crippen molar-refractivity contribution in [2.75, 3.05) is 7.05 Å². The van der Waals surface area contributed by atoms with Crippen LogP contribution in [-0.4, -0.2) is 33.0 Å². The van der Waals surface area contributed by atoms with Gasteiger partial charge in [-0.3, -0.25) is 14.9 Å². The van der Waals surface area contributed by atoms with E-state index in [0.717, 1.165) is 16.8 Å². The highest BCUT2D eigenvalue weighted by Crippen LogP contribution is 2.10. The summed E-state index contributed by atoms with van der Waals surface area (Å²) in [5.74, 6) is -0.0874. The molecule has 0 saturated heterocycles. The van der Waals surface area contributed by atoms with Gasteiger partial charge >= 0.3 is 0 Å². The number of aryl methyl sites for hydroxylation is 2. The Bertz CT molecular complexity index is 562. The van der Waals surface area contributed by atoms with Crippen molar-refractivity contribution < 1.29 is 4.79 Å². The molecular formula is C13H16N4O. The van der Waals surface area contributed by atoms with Gasteiger partial charge in [-0.05, 0) is 37.1 Å². The van der Waals surface area contributed by atoms with Crippen LogP contribution >= 0.6 is 0 Å². The molecular weight excluding hydrogens is 228 g/mol. The van der Waals surface area contributed by atoms with E-state index < -0.39 is 0 Å². The minimum absolute atomic E-state index is 0.0874. The third-order valence-corrected chi connectivity index (χ3v) is 2.82. The van der Waals surface area contributed by atoms with E-state index in [1.165, 1.54) is 0 Å². The van der Waals surface area contributed by atoms with E-state index >= 15 is 0 Å². The van der Waals surface area contributed by atoms with Gasteiger partial charge in [-0.25, -0.2) is 0 Å². The van der Waals surface area contributed by atoms with Gasteiger partial charge in [0.1, 0.15) is 5.69 Å². The number of aromatic nitrogens is 3. The van der Waals surface area contributed by atoms with Crippen LogP contribution in [0.15, 0.2) is 24.5 Å². The molecule has 0 saturated carbocycles. The molecule has 18 heavy (non-hydrogen) atoms. The number of hydrogen-bond acceptors (Lipinski definition) is 3. The molecule has 94 valence electrons. The predicted octanol–water partition coefficient (Wildman–Crippen LogP) is 1.69. The molecule has 1 amide bonds. The summed E-state index contributed by atoms with van der Waals surface area (Å²) in [6.45, 7) is 4.41. The lowest BCUT2D eigenvalue weighted by atomic mass is 10.1. The fourth-order valence-electron chi connectivity index (χ4n) is 1.73. The molecule has 1 N–H and O–H groups in total. The van der Waals surface area contributed by atoms with Crippen LogP contribution in [0.2, 0.25) is 0 Å². The second kappa shape index (κ2) is 5.00. The van der Waals surface area contributed by atoms with Crippen molar-refractivity contribution in [3.8, 4) is 0 Å². The monoisotopic (exact) mass is 244 g/mol. The van der Waals surface area contributed by atoms with Gasteiger partial charge < -0.3 is 4.90 Å². The molecule has 5 nitrogen and oxygen atoms in total. The van der Waals surface area contributed by atoms with Gasteiger partial charge in [0.05, 0.1) is 0 Å². The molecule has 0 aromatic carbocycles. The van der Waals surface area contributed by atoms with E-state index in [1.807, 2.05) is 19.9 Å². The molecule has 0 aliphatic rings. The summed E-state index contributed by atoms with van der Waals surface area (Å²) in [6, 6.07) is 3.67. The molecule has 0 spiro atoms. The summed E-state index contributed by atoms with van der Waals surface area (Å²) in [5, 5.41) is 6.74. The number of rotatable bonds is 3. The van der Waals surface area contributed by atoms with E-state index in [9.17, 15) is 4.79 Å². The van der Waals surface area contributed by atoms with Crippen LogP contribution < -0.4 is 0 Å². The number of amides is 1. The van der Waals surface area contributed by atoms with Gasteiger partial charge in [0.25, 0.3) is 5.91 Å². The van der Waals surface area contributed by atoms with Gasteiger partial charge in [-0.15, -0.1) is 0 Å². The maximum atomic E-state index is 12.1. The second-order valence-corrected chi connectivity index (χ2v) is 4.40. The lowest BCUT2D eigenvalue weighted by molar-refractivity contribution is 0.0779. The first-order chi connectivity index (χ1) is 8.58. The quantitative estimate of drug-likeness (QED) is 0.893. The summed E-state index contributed by atoms with van der Waals surface area (Å²) in [4.78, 5) is 17.8. The SMILES string of the molecule is Cc1cc(C(=O)N(C)Cc2ccncc2C)n[nH]1. The number of carbonyl (C=O) groups is 1.